The second-order valence-electron chi connectivity index (χ2n) is 5.05. The monoisotopic (exact) mass is 327 g/mol. The fourth-order valence-electron chi connectivity index (χ4n) is 2.45. The first-order valence-corrected chi connectivity index (χ1v) is 8.09. The van der Waals surface area contributed by atoms with E-state index in [1.807, 2.05) is 55.5 Å². The lowest BCUT2D eigenvalue weighted by Crippen LogP contribution is -2.02. The Bertz CT molecular complexity index is 859. The molecule has 0 aliphatic rings. The maximum atomic E-state index is 12.1. The predicted molar refractivity (Wildman–Crippen MR) is 92.1 cm³/mol. The first-order chi connectivity index (χ1) is 10.6. The molecule has 0 fully saturated rings. The zero-order valence-electron chi connectivity index (χ0n) is 12.3. The molecule has 0 radical (unpaired) electrons. The van der Waals surface area contributed by atoms with Crippen LogP contribution in [0.4, 0.5) is 0 Å². The van der Waals surface area contributed by atoms with Gasteiger partial charge in [-0.1, -0.05) is 41.6 Å². The van der Waals surface area contributed by atoms with Crippen molar-refractivity contribution < 1.29 is 4.79 Å². The number of pyridine rings is 1. The molecular formula is C18H14ClNOS. The lowest BCUT2D eigenvalue weighted by Gasteiger charge is -2.12. The molecule has 0 saturated heterocycles. The van der Waals surface area contributed by atoms with Crippen LogP contribution < -0.4 is 0 Å². The Labute approximate surface area is 138 Å². The van der Waals surface area contributed by atoms with Gasteiger partial charge in [0.1, 0.15) is 5.03 Å². The van der Waals surface area contributed by atoms with E-state index in [1.54, 1.807) is 6.92 Å². The molecule has 0 bridgehead atoms. The highest BCUT2D eigenvalue weighted by molar-refractivity contribution is 7.99. The predicted octanol–water partition coefficient (Wildman–Crippen LogP) is 5.55. The molecule has 0 saturated carbocycles. The summed E-state index contributed by atoms with van der Waals surface area (Å²) in [5, 5.41) is 2.46. The maximum Gasteiger partial charge on any atom is 0.162 e. The van der Waals surface area contributed by atoms with E-state index in [1.165, 1.54) is 11.8 Å². The summed E-state index contributed by atoms with van der Waals surface area (Å²) in [6, 6.07) is 15.4. The summed E-state index contributed by atoms with van der Waals surface area (Å²) >= 11 is 7.41. The molecule has 0 amide bonds. The fourth-order valence-corrected chi connectivity index (χ4v) is 3.62. The topological polar surface area (TPSA) is 30.0 Å². The average molecular weight is 328 g/mol. The van der Waals surface area contributed by atoms with Gasteiger partial charge in [-0.25, -0.2) is 4.98 Å². The number of fused-ring (bicyclic) bond motifs is 1. The zero-order valence-corrected chi connectivity index (χ0v) is 13.8. The highest BCUT2D eigenvalue weighted by Crippen LogP contribution is 2.34. The number of hydrogen-bond acceptors (Lipinski definition) is 3. The van der Waals surface area contributed by atoms with Crippen molar-refractivity contribution in [2.75, 3.05) is 0 Å². The van der Waals surface area contributed by atoms with Crippen LogP contribution in [0.5, 0.6) is 0 Å². The molecule has 1 heterocycles. The van der Waals surface area contributed by atoms with Crippen molar-refractivity contribution in [2.24, 2.45) is 0 Å². The van der Waals surface area contributed by atoms with Crippen LogP contribution in [0.25, 0.3) is 10.9 Å². The molecule has 0 aliphatic heterocycles. The fraction of sp³-hybridized carbons (Fsp3) is 0.111. The summed E-state index contributed by atoms with van der Waals surface area (Å²) in [6.45, 7) is 3.57. The number of benzene rings is 2. The standard InChI is InChI=1S/C18H14ClNOS/c1-11-15-5-3-4-6-16(15)20-18(17(11)12(2)21)22-14-9-7-13(19)8-10-14/h3-10H,1-2H3. The van der Waals surface area contributed by atoms with Crippen LogP contribution in [0.15, 0.2) is 58.5 Å². The Balaban J connectivity index is 2.16. The van der Waals surface area contributed by atoms with Crippen LogP contribution >= 0.6 is 23.4 Å². The van der Waals surface area contributed by atoms with E-state index in [2.05, 4.69) is 4.98 Å². The molecule has 3 aromatic rings. The zero-order chi connectivity index (χ0) is 15.7. The van der Waals surface area contributed by atoms with Gasteiger partial charge >= 0.3 is 0 Å². The van der Waals surface area contributed by atoms with Gasteiger partial charge in [-0.05, 0) is 49.7 Å². The molecule has 0 spiro atoms. The third kappa shape index (κ3) is 2.87. The van der Waals surface area contributed by atoms with Gasteiger partial charge < -0.3 is 0 Å². The van der Waals surface area contributed by atoms with Crippen molar-refractivity contribution in [2.45, 2.75) is 23.8 Å². The second kappa shape index (κ2) is 6.11. The lowest BCUT2D eigenvalue weighted by molar-refractivity contribution is 0.101. The summed E-state index contributed by atoms with van der Waals surface area (Å²) in [5.41, 5.74) is 2.58. The number of nitrogens with zero attached hydrogens (tertiary/aromatic N) is 1. The molecule has 110 valence electrons. The number of ketones is 1. The van der Waals surface area contributed by atoms with Gasteiger partial charge in [-0.15, -0.1) is 0 Å². The highest BCUT2D eigenvalue weighted by Gasteiger charge is 2.16. The molecular weight excluding hydrogens is 314 g/mol. The number of para-hydroxylation sites is 1. The SMILES string of the molecule is CC(=O)c1c(Sc2ccc(Cl)cc2)nc2ccccc2c1C. The van der Waals surface area contributed by atoms with Crippen molar-refractivity contribution in [3.8, 4) is 0 Å². The summed E-state index contributed by atoms with van der Waals surface area (Å²) in [7, 11) is 0. The van der Waals surface area contributed by atoms with Crippen molar-refractivity contribution in [3.63, 3.8) is 0 Å². The minimum atomic E-state index is 0.0345. The molecule has 3 rings (SSSR count). The number of carbonyl (C=O) groups is 1. The van der Waals surface area contributed by atoms with Crippen molar-refractivity contribution in [1.82, 2.24) is 4.98 Å². The normalized spacial score (nSPS) is 10.9. The first kappa shape index (κ1) is 15.1. The van der Waals surface area contributed by atoms with Crippen LogP contribution in [0.3, 0.4) is 0 Å². The van der Waals surface area contributed by atoms with Gasteiger partial charge in [0, 0.05) is 15.3 Å². The Kier molecular flexibility index (Phi) is 4.19. The van der Waals surface area contributed by atoms with Gasteiger partial charge in [-0.2, -0.15) is 0 Å². The average Bonchev–Trinajstić information content (AvgIpc) is 2.49. The summed E-state index contributed by atoms with van der Waals surface area (Å²) in [4.78, 5) is 17.8. The van der Waals surface area contributed by atoms with Gasteiger partial charge in [0.25, 0.3) is 0 Å². The van der Waals surface area contributed by atoms with Crippen LogP contribution in [-0.2, 0) is 0 Å². The minimum Gasteiger partial charge on any atom is -0.294 e. The Morgan fingerprint density at radius 3 is 2.45 bits per heavy atom. The second-order valence-corrected chi connectivity index (χ2v) is 6.54. The van der Waals surface area contributed by atoms with Crippen LogP contribution in [0, 0.1) is 6.92 Å². The van der Waals surface area contributed by atoms with Crippen LogP contribution in [0.2, 0.25) is 5.02 Å². The van der Waals surface area contributed by atoms with Gasteiger partial charge in [0.15, 0.2) is 5.78 Å². The minimum absolute atomic E-state index is 0.0345. The number of aromatic nitrogens is 1. The smallest absolute Gasteiger partial charge is 0.162 e. The Morgan fingerprint density at radius 2 is 1.77 bits per heavy atom. The number of carbonyl (C=O) groups excluding carboxylic acids is 1. The van der Waals surface area contributed by atoms with E-state index in [0.29, 0.717) is 10.6 Å². The van der Waals surface area contributed by atoms with E-state index in [-0.39, 0.29) is 5.78 Å². The highest BCUT2D eigenvalue weighted by atomic mass is 35.5. The summed E-state index contributed by atoms with van der Waals surface area (Å²) < 4.78 is 0. The lowest BCUT2D eigenvalue weighted by atomic mass is 10.0. The van der Waals surface area contributed by atoms with Gasteiger partial charge in [0.2, 0.25) is 0 Å². The number of aryl methyl sites for hydroxylation is 1. The van der Waals surface area contributed by atoms with E-state index in [0.717, 1.165) is 26.4 Å². The summed E-state index contributed by atoms with van der Waals surface area (Å²) in [5.74, 6) is 0.0345. The molecule has 2 nitrogen and oxygen atoms in total. The number of hydrogen-bond donors (Lipinski definition) is 0. The third-order valence-electron chi connectivity index (χ3n) is 3.50. The Hall–Kier alpha value is -1.84. The largest absolute Gasteiger partial charge is 0.294 e. The molecule has 4 heteroatoms. The molecule has 1 aromatic heterocycles. The molecule has 22 heavy (non-hydrogen) atoms. The van der Waals surface area contributed by atoms with Gasteiger partial charge in [0.05, 0.1) is 11.1 Å². The number of Topliss-reactive ketones (excluding diaryl/α,β-unsaturated/α-hetero) is 1. The number of rotatable bonds is 3. The van der Waals surface area contributed by atoms with Crippen LogP contribution in [-0.4, -0.2) is 10.8 Å². The van der Waals surface area contributed by atoms with E-state index < -0.39 is 0 Å². The van der Waals surface area contributed by atoms with Crippen LogP contribution in [0.1, 0.15) is 22.8 Å². The number of halogens is 1. The summed E-state index contributed by atoms with van der Waals surface area (Å²) in [6.07, 6.45) is 0. The molecule has 0 aliphatic carbocycles. The van der Waals surface area contributed by atoms with E-state index in [4.69, 9.17) is 11.6 Å². The molecule has 0 unspecified atom stereocenters. The molecule has 2 aromatic carbocycles. The quantitative estimate of drug-likeness (QED) is 0.591. The van der Waals surface area contributed by atoms with E-state index in [9.17, 15) is 4.79 Å². The van der Waals surface area contributed by atoms with Crippen molar-refractivity contribution in [3.05, 3.63) is 64.7 Å². The third-order valence-corrected chi connectivity index (χ3v) is 4.75. The van der Waals surface area contributed by atoms with Crippen molar-refractivity contribution >= 4 is 40.0 Å². The maximum absolute atomic E-state index is 12.1. The van der Waals surface area contributed by atoms with Gasteiger partial charge in [-0.3, -0.25) is 4.79 Å². The molecule has 0 atom stereocenters. The van der Waals surface area contributed by atoms with E-state index >= 15 is 0 Å². The molecule has 0 N–H and O–H groups in total. The van der Waals surface area contributed by atoms with Crippen molar-refractivity contribution in [1.29, 1.82) is 0 Å². The first-order valence-electron chi connectivity index (χ1n) is 6.90. The Morgan fingerprint density at radius 1 is 1.09 bits per heavy atom.